The Morgan fingerprint density at radius 1 is 1.06 bits per heavy atom. The number of nitrogen functional groups attached to an aromatic ring is 1. The number of rotatable bonds is 7. The number of oxazole rings is 1. The number of esters is 1. The van der Waals surface area contributed by atoms with Gasteiger partial charge in [0.2, 0.25) is 11.9 Å². The number of anilines is 2. The summed E-state index contributed by atoms with van der Waals surface area (Å²) in [4.78, 5) is 31.2. The van der Waals surface area contributed by atoms with E-state index in [-0.39, 0.29) is 18.4 Å². The van der Waals surface area contributed by atoms with Crippen LogP contribution in [0.5, 0.6) is 0 Å². The first-order valence-electron chi connectivity index (χ1n) is 9.41. The minimum Gasteiger partial charge on any atom is -0.454 e. The first-order chi connectivity index (χ1) is 15.0. The SMILES string of the molecule is CN(C)c1nc(N)nc(COC(=O)c2ccccc2CSc2nc3ccccc3o2)n1. The molecule has 2 N–H and O–H groups in total. The van der Waals surface area contributed by atoms with Gasteiger partial charge in [-0.15, -0.1) is 0 Å². The van der Waals surface area contributed by atoms with Crippen LogP contribution in [0.1, 0.15) is 21.7 Å². The lowest BCUT2D eigenvalue weighted by Gasteiger charge is -2.12. The predicted octanol–water partition coefficient (Wildman–Crippen LogP) is 3.31. The highest BCUT2D eigenvalue weighted by molar-refractivity contribution is 7.98. The van der Waals surface area contributed by atoms with Crippen molar-refractivity contribution >= 4 is 40.7 Å². The Labute approximate surface area is 182 Å². The maximum absolute atomic E-state index is 12.7. The number of hydrogen-bond donors (Lipinski definition) is 1. The monoisotopic (exact) mass is 436 g/mol. The van der Waals surface area contributed by atoms with Crippen molar-refractivity contribution in [1.29, 1.82) is 0 Å². The third-order valence-electron chi connectivity index (χ3n) is 4.28. The number of carbonyl (C=O) groups excluding carboxylic acids is 1. The lowest BCUT2D eigenvalue weighted by atomic mass is 10.1. The van der Waals surface area contributed by atoms with E-state index in [1.807, 2.05) is 36.4 Å². The molecule has 4 aromatic rings. The number of nitrogens with two attached hydrogens (primary N) is 1. The van der Waals surface area contributed by atoms with Gasteiger partial charge in [0.05, 0.1) is 5.56 Å². The molecule has 0 aliphatic carbocycles. The molecule has 31 heavy (non-hydrogen) atoms. The van der Waals surface area contributed by atoms with Crippen LogP contribution in [0.15, 0.2) is 58.2 Å². The summed E-state index contributed by atoms with van der Waals surface area (Å²) in [6.07, 6.45) is 0. The van der Waals surface area contributed by atoms with Crippen molar-refractivity contribution in [3.63, 3.8) is 0 Å². The second-order valence-electron chi connectivity index (χ2n) is 6.77. The van der Waals surface area contributed by atoms with E-state index in [1.54, 1.807) is 31.1 Å². The molecule has 0 unspecified atom stereocenters. The summed E-state index contributed by atoms with van der Waals surface area (Å²) in [5.74, 6) is 0.775. The van der Waals surface area contributed by atoms with Crippen molar-refractivity contribution in [3.05, 3.63) is 65.5 Å². The second-order valence-corrected chi connectivity index (χ2v) is 7.70. The average Bonchev–Trinajstić information content (AvgIpc) is 3.19. The second kappa shape index (κ2) is 9.00. The molecule has 0 amide bonds. The largest absolute Gasteiger partial charge is 0.454 e. The van der Waals surface area contributed by atoms with Crippen molar-refractivity contribution < 1.29 is 13.9 Å². The fourth-order valence-electron chi connectivity index (χ4n) is 2.80. The van der Waals surface area contributed by atoms with Crippen LogP contribution in [-0.2, 0) is 17.1 Å². The summed E-state index contributed by atoms with van der Waals surface area (Å²) in [6.45, 7) is -0.112. The minimum atomic E-state index is -0.473. The molecule has 2 aromatic heterocycles. The predicted molar refractivity (Wildman–Crippen MR) is 118 cm³/mol. The van der Waals surface area contributed by atoms with Crippen LogP contribution >= 0.6 is 11.8 Å². The van der Waals surface area contributed by atoms with E-state index in [0.717, 1.165) is 16.7 Å². The molecule has 0 aliphatic rings. The molecule has 10 heteroatoms. The van der Waals surface area contributed by atoms with Gasteiger partial charge in [0.1, 0.15) is 5.52 Å². The number of carbonyl (C=O) groups is 1. The Morgan fingerprint density at radius 2 is 1.84 bits per heavy atom. The van der Waals surface area contributed by atoms with E-state index in [9.17, 15) is 4.79 Å². The highest BCUT2D eigenvalue weighted by Gasteiger charge is 2.16. The van der Waals surface area contributed by atoms with Crippen LogP contribution in [0, 0.1) is 0 Å². The van der Waals surface area contributed by atoms with Gasteiger partial charge in [-0.25, -0.2) is 9.78 Å². The molecule has 4 rings (SSSR count). The van der Waals surface area contributed by atoms with Crippen molar-refractivity contribution in [2.75, 3.05) is 24.7 Å². The number of para-hydroxylation sites is 2. The van der Waals surface area contributed by atoms with Gasteiger partial charge in [0, 0.05) is 19.8 Å². The Balaban J connectivity index is 1.44. The van der Waals surface area contributed by atoms with E-state index in [2.05, 4.69) is 19.9 Å². The zero-order valence-electron chi connectivity index (χ0n) is 17.0. The molecule has 158 valence electrons. The highest BCUT2D eigenvalue weighted by Crippen LogP contribution is 2.27. The van der Waals surface area contributed by atoms with Gasteiger partial charge in [0.15, 0.2) is 18.0 Å². The van der Waals surface area contributed by atoms with Gasteiger partial charge >= 0.3 is 5.97 Å². The maximum atomic E-state index is 12.7. The van der Waals surface area contributed by atoms with Crippen LogP contribution < -0.4 is 10.6 Å². The third-order valence-corrected chi connectivity index (χ3v) is 5.16. The van der Waals surface area contributed by atoms with E-state index in [0.29, 0.717) is 22.5 Å². The quantitative estimate of drug-likeness (QED) is 0.341. The van der Waals surface area contributed by atoms with Gasteiger partial charge < -0.3 is 19.8 Å². The smallest absolute Gasteiger partial charge is 0.338 e. The lowest BCUT2D eigenvalue weighted by molar-refractivity contribution is 0.0461. The molecule has 9 nitrogen and oxygen atoms in total. The molecular formula is C21H20N6O3S. The summed E-state index contributed by atoms with van der Waals surface area (Å²) in [7, 11) is 3.57. The zero-order chi connectivity index (χ0) is 21.8. The highest BCUT2D eigenvalue weighted by atomic mass is 32.2. The van der Waals surface area contributed by atoms with Crippen molar-refractivity contribution in [3.8, 4) is 0 Å². The number of fused-ring (bicyclic) bond motifs is 1. The number of ether oxygens (including phenoxy) is 1. The molecule has 0 saturated carbocycles. The molecular weight excluding hydrogens is 416 g/mol. The van der Waals surface area contributed by atoms with Gasteiger partial charge in [-0.1, -0.05) is 42.1 Å². The molecule has 0 fully saturated rings. The standard InChI is InChI=1S/C21H20N6O3S/c1-27(2)20-25-17(24-19(22)26-20)11-29-18(28)14-8-4-3-7-13(14)12-31-21-23-15-9-5-6-10-16(15)30-21/h3-10H,11-12H2,1-2H3,(H2,22,24,25,26). The molecule has 2 heterocycles. The molecule has 2 aromatic carbocycles. The maximum Gasteiger partial charge on any atom is 0.338 e. The lowest BCUT2D eigenvalue weighted by Crippen LogP contribution is -2.17. The van der Waals surface area contributed by atoms with Crippen molar-refractivity contribution in [2.24, 2.45) is 0 Å². The van der Waals surface area contributed by atoms with E-state index in [1.165, 1.54) is 11.8 Å². The van der Waals surface area contributed by atoms with E-state index < -0.39 is 5.97 Å². The van der Waals surface area contributed by atoms with Crippen LogP contribution in [0.2, 0.25) is 0 Å². The summed E-state index contributed by atoms with van der Waals surface area (Å²) < 4.78 is 11.2. The van der Waals surface area contributed by atoms with E-state index in [4.69, 9.17) is 14.9 Å². The van der Waals surface area contributed by atoms with Crippen molar-refractivity contribution in [1.82, 2.24) is 19.9 Å². The first kappa shape index (κ1) is 20.6. The number of aromatic nitrogens is 4. The molecule has 0 bridgehead atoms. The molecule has 0 atom stereocenters. The first-order valence-corrected chi connectivity index (χ1v) is 10.4. The average molecular weight is 436 g/mol. The zero-order valence-corrected chi connectivity index (χ0v) is 17.8. The van der Waals surface area contributed by atoms with Gasteiger partial charge in [-0.2, -0.15) is 15.0 Å². The number of nitrogens with zero attached hydrogens (tertiary/aromatic N) is 5. The summed E-state index contributed by atoms with van der Waals surface area (Å²) in [6, 6.07) is 14.8. The Hall–Kier alpha value is -3.66. The van der Waals surface area contributed by atoms with Gasteiger partial charge in [-0.05, 0) is 23.8 Å². The van der Waals surface area contributed by atoms with Crippen LogP contribution in [0.4, 0.5) is 11.9 Å². The van der Waals surface area contributed by atoms with Gasteiger partial charge in [0.25, 0.3) is 5.22 Å². The fraction of sp³-hybridized carbons (Fsp3) is 0.190. The topological polar surface area (TPSA) is 120 Å². The molecule has 0 radical (unpaired) electrons. The normalized spacial score (nSPS) is 10.9. The number of benzene rings is 2. The molecule has 0 spiro atoms. The van der Waals surface area contributed by atoms with Crippen LogP contribution in [-0.4, -0.2) is 40.0 Å². The summed E-state index contributed by atoms with van der Waals surface area (Å²) in [5, 5.41) is 0.543. The Kier molecular flexibility index (Phi) is 5.99. The minimum absolute atomic E-state index is 0.0693. The van der Waals surface area contributed by atoms with Crippen LogP contribution in [0.25, 0.3) is 11.1 Å². The molecule has 0 aliphatic heterocycles. The summed E-state index contributed by atoms with van der Waals surface area (Å²) in [5.41, 5.74) is 8.51. The van der Waals surface area contributed by atoms with E-state index >= 15 is 0 Å². The van der Waals surface area contributed by atoms with Gasteiger partial charge in [-0.3, -0.25) is 0 Å². The Bertz CT molecular complexity index is 1190. The fourth-order valence-corrected chi connectivity index (χ4v) is 3.64. The number of thioether (sulfide) groups is 1. The van der Waals surface area contributed by atoms with Crippen LogP contribution in [0.3, 0.4) is 0 Å². The third kappa shape index (κ3) is 4.92. The summed E-state index contributed by atoms with van der Waals surface area (Å²) >= 11 is 1.41. The Morgan fingerprint density at radius 3 is 2.65 bits per heavy atom. The van der Waals surface area contributed by atoms with Crippen molar-refractivity contribution in [2.45, 2.75) is 17.6 Å². The number of hydrogen-bond acceptors (Lipinski definition) is 10. The molecule has 0 saturated heterocycles.